The highest BCUT2D eigenvalue weighted by molar-refractivity contribution is 5.39. The van der Waals surface area contributed by atoms with Crippen LogP contribution in [0.3, 0.4) is 0 Å². The Morgan fingerprint density at radius 2 is 1.67 bits per heavy atom. The molecule has 1 unspecified atom stereocenters. The van der Waals surface area contributed by atoms with Crippen LogP contribution in [0.1, 0.15) is 24.1 Å². The molecule has 0 spiro atoms. The molecule has 2 nitrogen and oxygen atoms in total. The summed E-state index contributed by atoms with van der Waals surface area (Å²) in [6.07, 6.45) is 1.03. The molecule has 18 heavy (non-hydrogen) atoms. The molecular weight excluding hydrogens is 220 g/mol. The van der Waals surface area contributed by atoms with Crippen molar-refractivity contribution < 1.29 is 0 Å². The molecule has 1 atom stereocenters. The van der Waals surface area contributed by atoms with E-state index in [1.165, 1.54) is 11.1 Å². The van der Waals surface area contributed by atoms with Gasteiger partial charge in [-0.1, -0.05) is 42.5 Å². The zero-order chi connectivity index (χ0) is 12.8. The van der Waals surface area contributed by atoms with E-state index in [0.29, 0.717) is 6.04 Å². The van der Waals surface area contributed by atoms with Crippen LogP contribution in [0.5, 0.6) is 0 Å². The van der Waals surface area contributed by atoms with Crippen LogP contribution in [0.15, 0.2) is 54.6 Å². The second kappa shape index (κ2) is 6.22. The molecule has 0 amide bonds. The lowest BCUT2D eigenvalue weighted by Crippen LogP contribution is -2.21. The van der Waals surface area contributed by atoms with E-state index in [0.717, 1.165) is 18.7 Å². The summed E-state index contributed by atoms with van der Waals surface area (Å²) in [5.41, 5.74) is 9.13. The molecule has 0 fully saturated rings. The van der Waals surface area contributed by atoms with Crippen LogP contribution in [0.25, 0.3) is 0 Å². The maximum Gasteiger partial charge on any atom is 0.0314 e. The van der Waals surface area contributed by atoms with Crippen molar-refractivity contribution in [1.29, 1.82) is 0 Å². The van der Waals surface area contributed by atoms with Crippen LogP contribution in [0.4, 0.5) is 5.69 Å². The van der Waals surface area contributed by atoms with Crippen molar-refractivity contribution in [2.45, 2.75) is 19.4 Å². The van der Waals surface area contributed by atoms with Crippen LogP contribution in [0, 0.1) is 0 Å². The van der Waals surface area contributed by atoms with Gasteiger partial charge in [0.05, 0.1) is 0 Å². The number of nitrogens with two attached hydrogens (primary N) is 1. The Labute approximate surface area is 109 Å². The van der Waals surface area contributed by atoms with Crippen LogP contribution in [-0.4, -0.2) is 6.54 Å². The lowest BCUT2D eigenvalue weighted by Gasteiger charge is -2.14. The first kappa shape index (κ1) is 12.7. The molecule has 94 valence electrons. The average molecular weight is 240 g/mol. The van der Waals surface area contributed by atoms with E-state index in [-0.39, 0.29) is 0 Å². The van der Waals surface area contributed by atoms with Gasteiger partial charge in [-0.2, -0.15) is 0 Å². The molecule has 0 aliphatic rings. The first-order valence-corrected chi connectivity index (χ1v) is 6.38. The van der Waals surface area contributed by atoms with Gasteiger partial charge in [-0.15, -0.1) is 0 Å². The molecule has 0 aliphatic heterocycles. The highest BCUT2D eigenvalue weighted by atomic mass is 14.9. The second-order valence-electron chi connectivity index (χ2n) is 4.58. The van der Waals surface area contributed by atoms with Crippen molar-refractivity contribution >= 4 is 5.69 Å². The van der Waals surface area contributed by atoms with Gasteiger partial charge in [0.2, 0.25) is 0 Å². The molecule has 0 saturated heterocycles. The molecule has 2 rings (SSSR count). The average Bonchev–Trinajstić information content (AvgIpc) is 2.42. The summed E-state index contributed by atoms with van der Waals surface area (Å²) in [4.78, 5) is 0. The van der Waals surface area contributed by atoms with Gasteiger partial charge in [-0.25, -0.2) is 0 Å². The molecule has 3 N–H and O–H groups in total. The van der Waals surface area contributed by atoms with Gasteiger partial charge < -0.3 is 11.1 Å². The largest absolute Gasteiger partial charge is 0.399 e. The zero-order valence-electron chi connectivity index (χ0n) is 10.8. The van der Waals surface area contributed by atoms with E-state index in [1.807, 2.05) is 18.2 Å². The van der Waals surface area contributed by atoms with E-state index in [9.17, 15) is 0 Å². The van der Waals surface area contributed by atoms with Gasteiger partial charge in [0.1, 0.15) is 0 Å². The van der Waals surface area contributed by atoms with E-state index in [1.54, 1.807) is 0 Å². The fourth-order valence-electron chi connectivity index (χ4n) is 1.98. The molecule has 0 heterocycles. The van der Waals surface area contributed by atoms with Crippen LogP contribution < -0.4 is 11.1 Å². The molecular formula is C16H20N2. The number of nitrogens with one attached hydrogen (secondary N) is 1. The van der Waals surface area contributed by atoms with Gasteiger partial charge in [0.15, 0.2) is 0 Å². The molecule has 0 aliphatic carbocycles. The summed E-state index contributed by atoms with van der Waals surface area (Å²) < 4.78 is 0. The summed E-state index contributed by atoms with van der Waals surface area (Å²) in [6, 6.07) is 19.0. The Morgan fingerprint density at radius 1 is 1.00 bits per heavy atom. The summed E-state index contributed by atoms with van der Waals surface area (Å²) in [5, 5.41) is 3.53. The molecule has 0 saturated carbocycles. The summed E-state index contributed by atoms with van der Waals surface area (Å²) in [7, 11) is 0. The third-order valence-electron chi connectivity index (χ3n) is 3.14. The highest BCUT2D eigenvalue weighted by Crippen LogP contribution is 2.11. The molecule has 2 aromatic carbocycles. The number of benzene rings is 2. The van der Waals surface area contributed by atoms with Crippen molar-refractivity contribution in [3.05, 3.63) is 65.7 Å². The third-order valence-corrected chi connectivity index (χ3v) is 3.14. The third kappa shape index (κ3) is 3.60. The van der Waals surface area contributed by atoms with Gasteiger partial charge >= 0.3 is 0 Å². The zero-order valence-corrected chi connectivity index (χ0v) is 10.8. The maximum atomic E-state index is 5.66. The first-order chi connectivity index (χ1) is 8.75. The van der Waals surface area contributed by atoms with Crippen molar-refractivity contribution in [1.82, 2.24) is 5.32 Å². The normalized spacial score (nSPS) is 12.3. The van der Waals surface area contributed by atoms with Gasteiger partial charge in [-0.05, 0) is 43.1 Å². The van der Waals surface area contributed by atoms with E-state index < -0.39 is 0 Å². The van der Waals surface area contributed by atoms with Crippen LogP contribution >= 0.6 is 0 Å². The lowest BCUT2D eigenvalue weighted by atomic mass is 10.1. The minimum absolute atomic E-state index is 0.389. The minimum atomic E-state index is 0.389. The van der Waals surface area contributed by atoms with Crippen molar-refractivity contribution in [3.63, 3.8) is 0 Å². The van der Waals surface area contributed by atoms with E-state index >= 15 is 0 Å². The molecule has 0 aromatic heterocycles. The molecule has 2 aromatic rings. The number of hydrogen-bond acceptors (Lipinski definition) is 2. The Balaban J connectivity index is 1.80. The fraction of sp³-hybridized carbons (Fsp3) is 0.250. The molecule has 0 radical (unpaired) electrons. The van der Waals surface area contributed by atoms with Crippen molar-refractivity contribution in [2.75, 3.05) is 12.3 Å². The molecule has 0 bridgehead atoms. The van der Waals surface area contributed by atoms with E-state index in [4.69, 9.17) is 5.73 Å². The Morgan fingerprint density at radius 3 is 2.33 bits per heavy atom. The predicted molar refractivity (Wildman–Crippen MR) is 77.4 cm³/mol. The topological polar surface area (TPSA) is 38.0 Å². The number of anilines is 1. The smallest absolute Gasteiger partial charge is 0.0314 e. The summed E-state index contributed by atoms with van der Waals surface area (Å²) in [5.74, 6) is 0. The number of rotatable bonds is 5. The Hall–Kier alpha value is -1.80. The number of nitrogen functional groups attached to an aromatic ring is 1. The van der Waals surface area contributed by atoms with Crippen LogP contribution in [-0.2, 0) is 6.42 Å². The Bertz CT molecular complexity index is 462. The summed E-state index contributed by atoms with van der Waals surface area (Å²) >= 11 is 0. The first-order valence-electron chi connectivity index (χ1n) is 6.38. The van der Waals surface area contributed by atoms with Crippen molar-refractivity contribution in [3.8, 4) is 0 Å². The van der Waals surface area contributed by atoms with E-state index in [2.05, 4.69) is 48.6 Å². The monoisotopic (exact) mass is 240 g/mol. The minimum Gasteiger partial charge on any atom is -0.399 e. The second-order valence-corrected chi connectivity index (χ2v) is 4.58. The van der Waals surface area contributed by atoms with Crippen LogP contribution in [0.2, 0.25) is 0 Å². The summed E-state index contributed by atoms with van der Waals surface area (Å²) in [6.45, 7) is 3.16. The van der Waals surface area contributed by atoms with Crippen molar-refractivity contribution in [2.24, 2.45) is 0 Å². The SMILES string of the molecule is CC(NCCc1ccc(N)cc1)c1ccccc1. The van der Waals surface area contributed by atoms with Gasteiger partial charge in [-0.3, -0.25) is 0 Å². The Kier molecular flexibility index (Phi) is 4.37. The number of hydrogen-bond donors (Lipinski definition) is 2. The predicted octanol–water partition coefficient (Wildman–Crippen LogP) is 3.16. The lowest BCUT2D eigenvalue weighted by molar-refractivity contribution is 0.577. The standard InChI is InChI=1S/C16H20N2/c1-13(15-5-3-2-4-6-15)18-12-11-14-7-9-16(17)10-8-14/h2-10,13,18H,11-12,17H2,1H3. The van der Waals surface area contributed by atoms with Gasteiger partial charge in [0.25, 0.3) is 0 Å². The van der Waals surface area contributed by atoms with Gasteiger partial charge in [0, 0.05) is 11.7 Å². The fourth-order valence-corrected chi connectivity index (χ4v) is 1.98. The molecule has 2 heteroatoms. The highest BCUT2D eigenvalue weighted by Gasteiger charge is 2.02. The quantitative estimate of drug-likeness (QED) is 0.788. The maximum absolute atomic E-state index is 5.66.